The van der Waals surface area contributed by atoms with E-state index < -0.39 is 0 Å². The first-order valence-electron chi connectivity index (χ1n) is 5.54. The number of nitrogens with one attached hydrogen (secondary N) is 1. The zero-order valence-corrected chi connectivity index (χ0v) is 9.40. The highest BCUT2D eigenvalue weighted by Crippen LogP contribution is 2.26. The van der Waals surface area contributed by atoms with Gasteiger partial charge in [0.05, 0.1) is 0 Å². The summed E-state index contributed by atoms with van der Waals surface area (Å²) in [5, 5.41) is 3.04. The van der Waals surface area contributed by atoms with Crippen LogP contribution in [0.25, 0.3) is 0 Å². The van der Waals surface area contributed by atoms with Crippen LogP contribution >= 0.6 is 0 Å². The number of nitrogens with zero attached hydrogens (tertiary/aromatic N) is 3. The van der Waals surface area contributed by atoms with Gasteiger partial charge in [-0.05, 0) is 12.8 Å². The Morgan fingerprint density at radius 2 is 2.07 bits per heavy atom. The lowest BCUT2D eigenvalue weighted by atomic mass is 10.2. The van der Waals surface area contributed by atoms with Crippen LogP contribution in [0.1, 0.15) is 25.7 Å². The number of hydrogen-bond acceptors (Lipinski definition) is 4. The fourth-order valence-corrected chi connectivity index (χ4v) is 2.16. The predicted molar refractivity (Wildman–Crippen MR) is 62.2 cm³/mol. The molecule has 1 aromatic rings. The third-order valence-electron chi connectivity index (χ3n) is 3.14. The van der Waals surface area contributed by atoms with E-state index in [-0.39, 0.29) is 0 Å². The van der Waals surface area contributed by atoms with Crippen LogP contribution in [0.4, 0.5) is 11.6 Å². The lowest BCUT2D eigenvalue weighted by molar-refractivity contribution is 0.646. The number of anilines is 2. The molecule has 0 saturated heterocycles. The van der Waals surface area contributed by atoms with Crippen molar-refractivity contribution in [1.82, 2.24) is 9.97 Å². The highest BCUT2D eigenvalue weighted by Gasteiger charge is 2.20. The maximum atomic E-state index is 4.31. The fraction of sp³-hybridized carbons (Fsp3) is 0.636. The maximum Gasteiger partial charge on any atom is 0.134 e. The molecular formula is C11H18N4. The van der Waals surface area contributed by atoms with E-state index >= 15 is 0 Å². The van der Waals surface area contributed by atoms with Gasteiger partial charge in [-0.3, -0.25) is 0 Å². The summed E-state index contributed by atoms with van der Waals surface area (Å²) in [5.74, 6) is 1.89. The molecule has 1 aliphatic rings. The molecule has 0 unspecified atom stereocenters. The Labute approximate surface area is 90.7 Å². The molecule has 0 bridgehead atoms. The van der Waals surface area contributed by atoms with Gasteiger partial charge in [-0.15, -0.1) is 0 Å². The summed E-state index contributed by atoms with van der Waals surface area (Å²) in [6, 6.07) is 2.66. The molecule has 1 saturated carbocycles. The van der Waals surface area contributed by atoms with Gasteiger partial charge in [-0.25, -0.2) is 9.97 Å². The first-order chi connectivity index (χ1) is 7.31. The number of hydrogen-bond donors (Lipinski definition) is 1. The molecule has 4 heteroatoms. The van der Waals surface area contributed by atoms with Crippen LogP contribution < -0.4 is 10.2 Å². The molecule has 0 aromatic carbocycles. The van der Waals surface area contributed by atoms with Gasteiger partial charge < -0.3 is 10.2 Å². The first-order valence-corrected chi connectivity index (χ1v) is 5.54. The summed E-state index contributed by atoms with van der Waals surface area (Å²) in [7, 11) is 4.00. The Morgan fingerprint density at radius 1 is 1.33 bits per heavy atom. The summed E-state index contributed by atoms with van der Waals surface area (Å²) in [6.07, 6.45) is 6.88. The van der Waals surface area contributed by atoms with Gasteiger partial charge in [-0.2, -0.15) is 0 Å². The van der Waals surface area contributed by atoms with Crippen molar-refractivity contribution in [2.75, 3.05) is 24.3 Å². The summed E-state index contributed by atoms with van der Waals surface area (Å²) in [5.41, 5.74) is 0. The molecule has 1 N–H and O–H groups in total. The Morgan fingerprint density at radius 3 is 2.73 bits per heavy atom. The molecular weight excluding hydrogens is 188 g/mol. The van der Waals surface area contributed by atoms with E-state index in [0.717, 1.165) is 11.6 Å². The van der Waals surface area contributed by atoms with Gasteiger partial charge in [-0.1, -0.05) is 12.8 Å². The first kappa shape index (κ1) is 10.2. The van der Waals surface area contributed by atoms with Crippen molar-refractivity contribution >= 4 is 11.6 Å². The highest BCUT2D eigenvalue weighted by molar-refractivity contribution is 5.48. The minimum absolute atomic E-state index is 0.657. The molecule has 82 valence electrons. The van der Waals surface area contributed by atoms with Crippen molar-refractivity contribution in [1.29, 1.82) is 0 Å². The van der Waals surface area contributed by atoms with Gasteiger partial charge in [0.25, 0.3) is 0 Å². The van der Waals surface area contributed by atoms with Crippen LogP contribution in [-0.4, -0.2) is 30.1 Å². The Balaban J connectivity index is 2.13. The largest absolute Gasteiger partial charge is 0.373 e. The summed E-state index contributed by atoms with van der Waals surface area (Å²) < 4.78 is 0. The standard InChI is InChI=1S/C11H18N4/c1-12-10-7-11(14-8-13-10)15(2)9-5-3-4-6-9/h7-9H,3-6H2,1-2H3,(H,12,13,14). The molecule has 2 rings (SSSR count). The van der Waals surface area contributed by atoms with Crippen LogP contribution in [0.3, 0.4) is 0 Å². The summed E-state index contributed by atoms with van der Waals surface area (Å²) >= 11 is 0. The van der Waals surface area contributed by atoms with E-state index in [1.54, 1.807) is 6.33 Å². The van der Waals surface area contributed by atoms with Crippen molar-refractivity contribution in [3.63, 3.8) is 0 Å². The van der Waals surface area contributed by atoms with E-state index in [1.807, 2.05) is 13.1 Å². The average Bonchev–Trinajstić information content (AvgIpc) is 2.81. The van der Waals surface area contributed by atoms with Gasteiger partial charge in [0.15, 0.2) is 0 Å². The molecule has 1 aromatic heterocycles. The molecule has 0 spiro atoms. The third-order valence-corrected chi connectivity index (χ3v) is 3.14. The summed E-state index contributed by atoms with van der Waals surface area (Å²) in [4.78, 5) is 10.7. The molecule has 1 fully saturated rings. The smallest absolute Gasteiger partial charge is 0.134 e. The molecule has 1 heterocycles. The second-order valence-electron chi connectivity index (χ2n) is 4.06. The molecule has 0 radical (unpaired) electrons. The van der Waals surface area contributed by atoms with Crippen molar-refractivity contribution < 1.29 is 0 Å². The Hall–Kier alpha value is -1.32. The van der Waals surface area contributed by atoms with Crippen molar-refractivity contribution in [2.45, 2.75) is 31.7 Å². The quantitative estimate of drug-likeness (QED) is 0.820. The van der Waals surface area contributed by atoms with Gasteiger partial charge in [0.2, 0.25) is 0 Å². The third kappa shape index (κ3) is 2.19. The Kier molecular flexibility index (Phi) is 3.04. The normalized spacial score (nSPS) is 16.7. The van der Waals surface area contributed by atoms with Crippen LogP contribution in [0.15, 0.2) is 12.4 Å². The second-order valence-corrected chi connectivity index (χ2v) is 4.06. The van der Waals surface area contributed by atoms with E-state index in [0.29, 0.717) is 6.04 Å². The predicted octanol–water partition coefficient (Wildman–Crippen LogP) is 1.90. The SMILES string of the molecule is CNc1cc(N(C)C2CCCC2)ncn1. The number of rotatable bonds is 3. The van der Waals surface area contributed by atoms with Crippen molar-refractivity contribution in [2.24, 2.45) is 0 Å². The second kappa shape index (κ2) is 4.47. The van der Waals surface area contributed by atoms with Crippen LogP contribution in [0, 0.1) is 0 Å². The zero-order valence-electron chi connectivity index (χ0n) is 9.40. The number of aromatic nitrogens is 2. The van der Waals surface area contributed by atoms with Crippen molar-refractivity contribution in [3.8, 4) is 0 Å². The van der Waals surface area contributed by atoms with E-state index in [1.165, 1.54) is 25.7 Å². The molecule has 0 aliphatic heterocycles. The van der Waals surface area contributed by atoms with Gasteiger partial charge in [0, 0.05) is 26.2 Å². The van der Waals surface area contributed by atoms with E-state index in [2.05, 4.69) is 27.2 Å². The minimum atomic E-state index is 0.657. The topological polar surface area (TPSA) is 41.0 Å². The lowest BCUT2D eigenvalue weighted by Gasteiger charge is -2.25. The van der Waals surface area contributed by atoms with Crippen molar-refractivity contribution in [3.05, 3.63) is 12.4 Å². The van der Waals surface area contributed by atoms with E-state index in [4.69, 9.17) is 0 Å². The van der Waals surface area contributed by atoms with Crippen LogP contribution in [-0.2, 0) is 0 Å². The fourth-order valence-electron chi connectivity index (χ4n) is 2.16. The Bertz CT molecular complexity index is 320. The zero-order chi connectivity index (χ0) is 10.7. The average molecular weight is 206 g/mol. The molecule has 4 nitrogen and oxygen atoms in total. The lowest BCUT2D eigenvalue weighted by Crippen LogP contribution is -2.29. The summed E-state index contributed by atoms with van der Waals surface area (Å²) in [6.45, 7) is 0. The highest BCUT2D eigenvalue weighted by atomic mass is 15.2. The molecule has 15 heavy (non-hydrogen) atoms. The van der Waals surface area contributed by atoms with E-state index in [9.17, 15) is 0 Å². The minimum Gasteiger partial charge on any atom is -0.373 e. The monoisotopic (exact) mass is 206 g/mol. The van der Waals surface area contributed by atoms with Gasteiger partial charge >= 0.3 is 0 Å². The van der Waals surface area contributed by atoms with Gasteiger partial charge in [0.1, 0.15) is 18.0 Å². The van der Waals surface area contributed by atoms with Crippen LogP contribution in [0.5, 0.6) is 0 Å². The molecule has 0 amide bonds. The molecule has 1 aliphatic carbocycles. The molecule has 0 atom stereocenters. The van der Waals surface area contributed by atoms with Crippen LogP contribution in [0.2, 0.25) is 0 Å². The maximum absolute atomic E-state index is 4.31.